The number of halogens is 4. The topological polar surface area (TPSA) is 57.9 Å². The smallest absolute Gasteiger partial charge is 0.207 e. The van der Waals surface area contributed by atoms with E-state index in [9.17, 15) is 21.6 Å². The van der Waals surface area contributed by atoms with E-state index in [4.69, 9.17) is 15.9 Å². The predicted octanol–water partition coefficient (Wildman–Crippen LogP) is 2.70. The first-order valence-electron chi connectivity index (χ1n) is 4.18. The summed E-state index contributed by atoms with van der Waals surface area (Å²) in [5, 5.41) is 8.37. The Morgan fingerprint density at radius 1 is 1.35 bits per heavy atom. The fourth-order valence-corrected chi connectivity index (χ4v) is 2.28. The van der Waals surface area contributed by atoms with Crippen LogP contribution >= 0.6 is 10.7 Å². The third-order valence-electron chi connectivity index (χ3n) is 1.90. The summed E-state index contributed by atoms with van der Waals surface area (Å²) in [6, 6.07) is 4.15. The van der Waals surface area contributed by atoms with Crippen LogP contribution in [0.1, 0.15) is 11.1 Å². The molecule has 0 amide bonds. The molecule has 0 spiro atoms. The molecule has 17 heavy (non-hydrogen) atoms. The molecule has 0 heterocycles. The van der Waals surface area contributed by atoms with Gasteiger partial charge >= 0.3 is 6.18 Å². The van der Waals surface area contributed by atoms with Gasteiger partial charge < -0.3 is 0 Å². The van der Waals surface area contributed by atoms with Crippen LogP contribution in [0.4, 0.5) is 13.2 Å². The SMILES string of the molecule is N#CCc1ccc(S(=O)(=O)Cl)c(C(F)(F)F)c1. The Morgan fingerprint density at radius 3 is 2.35 bits per heavy atom. The molecule has 0 saturated carbocycles. The lowest BCUT2D eigenvalue weighted by atomic mass is 10.1. The Bertz CT molecular complexity index is 575. The summed E-state index contributed by atoms with van der Waals surface area (Å²) < 4.78 is 59.7. The van der Waals surface area contributed by atoms with Crippen molar-refractivity contribution in [2.24, 2.45) is 0 Å². The summed E-state index contributed by atoms with van der Waals surface area (Å²) in [5.41, 5.74) is -1.29. The van der Waals surface area contributed by atoms with E-state index >= 15 is 0 Å². The van der Waals surface area contributed by atoms with Crippen molar-refractivity contribution < 1.29 is 21.6 Å². The first-order chi connectivity index (χ1) is 7.66. The number of benzene rings is 1. The Hall–Kier alpha value is -1.26. The van der Waals surface area contributed by atoms with Crippen LogP contribution in [0.5, 0.6) is 0 Å². The van der Waals surface area contributed by atoms with Gasteiger partial charge in [-0.25, -0.2) is 8.42 Å². The van der Waals surface area contributed by atoms with Gasteiger partial charge in [0.1, 0.15) is 0 Å². The molecular formula is C9H5ClF3NO2S. The van der Waals surface area contributed by atoms with E-state index < -0.39 is 25.7 Å². The molecule has 8 heteroatoms. The van der Waals surface area contributed by atoms with Crippen molar-refractivity contribution in [2.75, 3.05) is 0 Å². The normalized spacial score (nSPS) is 12.2. The van der Waals surface area contributed by atoms with Crippen LogP contribution in [-0.4, -0.2) is 8.42 Å². The molecule has 0 saturated heterocycles. The van der Waals surface area contributed by atoms with Crippen molar-refractivity contribution >= 4 is 19.7 Å². The molecule has 1 rings (SSSR count). The molecule has 0 radical (unpaired) electrons. The molecule has 3 nitrogen and oxygen atoms in total. The van der Waals surface area contributed by atoms with E-state index in [2.05, 4.69) is 0 Å². The predicted molar refractivity (Wildman–Crippen MR) is 53.8 cm³/mol. The fourth-order valence-electron chi connectivity index (χ4n) is 1.21. The van der Waals surface area contributed by atoms with Crippen LogP contribution in [-0.2, 0) is 21.6 Å². The maximum atomic E-state index is 12.6. The first-order valence-corrected chi connectivity index (χ1v) is 6.49. The van der Waals surface area contributed by atoms with Crippen LogP contribution in [0.2, 0.25) is 0 Å². The van der Waals surface area contributed by atoms with Gasteiger partial charge in [-0.2, -0.15) is 18.4 Å². The molecule has 0 aromatic heterocycles. The molecule has 0 bridgehead atoms. The minimum absolute atomic E-state index is 0.0730. The lowest BCUT2D eigenvalue weighted by Gasteiger charge is -2.11. The largest absolute Gasteiger partial charge is 0.417 e. The van der Waals surface area contributed by atoms with Crippen molar-refractivity contribution in [1.29, 1.82) is 5.26 Å². The Kier molecular flexibility index (Phi) is 3.69. The van der Waals surface area contributed by atoms with E-state index in [1.165, 1.54) is 0 Å². The third kappa shape index (κ3) is 3.35. The summed E-state index contributed by atoms with van der Waals surface area (Å²) in [6.45, 7) is 0. The molecule has 0 unspecified atom stereocenters. The summed E-state index contributed by atoms with van der Waals surface area (Å²) in [4.78, 5) is -1.01. The molecule has 0 atom stereocenters. The fraction of sp³-hybridized carbons (Fsp3) is 0.222. The van der Waals surface area contributed by atoms with Crippen LogP contribution in [0, 0.1) is 11.3 Å². The Morgan fingerprint density at radius 2 is 1.94 bits per heavy atom. The van der Waals surface area contributed by atoms with Crippen LogP contribution in [0.3, 0.4) is 0 Å². The summed E-state index contributed by atoms with van der Waals surface area (Å²) in [5.74, 6) is 0. The van der Waals surface area contributed by atoms with Crippen molar-refractivity contribution in [1.82, 2.24) is 0 Å². The minimum Gasteiger partial charge on any atom is -0.207 e. The standard InChI is InChI=1S/C9H5ClF3NO2S/c10-17(15,16)8-2-1-6(3-4-14)5-7(8)9(11,12)13/h1-2,5H,3H2. The number of nitrogens with zero attached hydrogens (tertiary/aromatic N) is 1. The monoisotopic (exact) mass is 283 g/mol. The zero-order valence-electron chi connectivity index (χ0n) is 8.12. The molecule has 0 aliphatic carbocycles. The lowest BCUT2D eigenvalue weighted by molar-refractivity contribution is -0.139. The Balaban J connectivity index is 3.50. The highest BCUT2D eigenvalue weighted by Gasteiger charge is 2.36. The molecule has 1 aromatic rings. The minimum atomic E-state index is -4.84. The van der Waals surface area contributed by atoms with Crippen molar-refractivity contribution in [3.8, 4) is 6.07 Å². The zero-order chi connectivity index (χ0) is 13.3. The van der Waals surface area contributed by atoms with Crippen molar-refractivity contribution in [2.45, 2.75) is 17.5 Å². The highest BCUT2D eigenvalue weighted by molar-refractivity contribution is 8.13. The van der Waals surface area contributed by atoms with Crippen molar-refractivity contribution in [3.63, 3.8) is 0 Å². The van der Waals surface area contributed by atoms with Gasteiger partial charge in [0.2, 0.25) is 0 Å². The molecule has 0 aliphatic rings. The second kappa shape index (κ2) is 4.55. The lowest BCUT2D eigenvalue weighted by Crippen LogP contribution is -2.11. The molecular weight excluding hydrogens is 279 g/mol. The van der Waals surface area contributed by atoms with Gasteiger partial charge in [0, 0.05) is 10.7 Å². The van der Waals surface area contributed by atoms with Crippen LogP contribution in [0.15, 0.2) is 23.1 Å². The van der Waals surface area contributed by atoms with Crippen LogP contribution < -0.4 is 0 Å². The number of alkyl halides is 3. The first kappa shape index (κ1) is 13.8. The number of rotatable bonds is 2. The molecule has 0 fully saturated rings. The van der Waals surface area contributed by atoms with E-state index in [0.29, 0.717) is 6.07 Å². The maximum Gasteiger partial charge on any atom is 0.417 e. The van der Waals surface area contributed by atoms with Gasteiger partial charge in [0.25, 0.3) is 9.05 Å². The number of hydrogen-bond donors (Lipinski definition) is 0. The molecule has 1 aromatic carbocycles. The van der Waals surface area contributed by atoms with Gasteiger partial charge in [-0.05, 0) is 17.7 Å². The highest BCUT2D eigenvalue weighted by Crippen LogP contribution is 2.36. The molecule has 0 aliphatic heterocycles. The number of hydrogen-bond acceptors (Lipinski definition) is 3. The van der Waals surface area contributed by atoms with Crippen LogP contribution in [0.25, 0.3) is 0 Å². The van der Waals surface area contributed by atoms with Crippen molar-refractivity contribution in [3.05, 3.63) is 29.3 Å². The van der Waals surface area contributed by atoms with Gasteiger partial charge in [0.15, 0.2) is 0 Å². The van der Waals surface area contributed by atoms with Gasteiger partial charge in [-0.1, -0.05) is 6.07 Å². The summed E-state index contributed by atoms with van der Waals surface area (Å²) in [7, 11) is 0.427. The average molecular weight is 284 g/mol. The molecule has 92 valence electrons. The number of nitriles is 1. The van der Waals surface area contributed by atoms with Gasteiger partial charge in [-0.15, -0.1) is 0 Å². The van der Waals surface area contributed by atoms with Gasteiger partial charge in [-0.3, -0.25) is 0 Å². The van der Waals surface area contributed by atoms with E-state index in [1.54, 1.807) is 6.07 Å². The quantitative estimate of drug-likeness (QED) is 0.784. The van der Waals surface area contributed by atoms with Gasteiger partial charge in [0.05, 0.1) is 22.9 Å². The maximum absolute atomic E-state index is 12.6. The van der Waals surface area contributed by atoms with E-state index in [1.807, 2.05) is 0 Å². The summed E-state index contributed by atoms with van der Waals surface area (Å²) >= 11 is 0. The highest BCUT2D eigenvalue weighted by atomic mass is 35.7. The molecule has 0 N–H and O–H groups in total. The van der Waals surface area contributed by atoms with E-state index in [0.717, 1.165) is 12.1 Å². The Labute approximate surface area is 99.8 Å². The second-order valence-electron chi connectivity index (χ2n) is 3.10. The zero-order valence-corrected chi connectivity index (χ0v) is 9.70. The average Bonchev–Trinajstić information content (AvgIpc) is 2.15. The van der Waals surface area contributed by atoms with E-state index in [-0.39, 0.29) is 12.0 Å². The summed E-state index contributed by atoms with van der Waals surface area (Å²) in [6.07, 6.45) is -5.09. The third-order valence-corrected chi connectivity index (χ3v) is 3.28. The second-order valence-corrected chi connectivity index (χ2v) is 5.64.